The normalized spacial score (nSPS) is 27.5. The molecule has 1 N–H and O–H groups in total. The van der Waals surface area contributed by atoms with E-state index in [0.717, 1.165) is 6.42 Å². The summed E-state index contributed by atoms with van der Waals surface area (Å²) < 4.78 is 0. The third kappa shape index (κ3) is 3.55. The first kappa shape index (κ1) is 14.2. The molecule has 1 saturated heterocycles. The second-order valence-electron chi connectivity index (χ2n) is 6.16. The van der Waals surface area contributed by atoms with E-state index in [1.165, 1.54) is 0 Å². The molecule has 1 aliphatic heterocycles. The van der Waals surface area contributed by atoms with Gasteiger partial charge >= 0.3 is 0 Å². The van der Waals surface area contributed by atoms with Crippen LogP contribution < -0.4 is 5.32 Å². The first-order valence-corrected chi connectivity index (χ1v) is 6.66. The molecule has 1 rings (SSSR count). The van der Waals surface area contributed by atoms with Gasteiger partial charge in [-0.2, -0.15) is 0 Å². The minimum Gasteiger partial charge on any atom is -0.296 e. The van der Waals surface area contributed by atoms with Gasteiger partial charge in [0.15, 0.2) is 0 Å². The number of carbonyl (C=O) groups is 2. The van der Waals surface area contributed by atoms with Gasteiger partial charge in [-0.3, -0.25) is 14.9 Å². The van der Waals surface area contributed by atoms with Crippen LogP contribution in [0.1, 0.15) is 47.5 Å². The fraction of sp³-hybridized carbons (Fsp3) is 0.857. The predicted molar refractivity (Wildman–Crippen MR) is 68.2 cm³/mol. The zero-order valence-corrected chi connectivity index (χ0v) is 11.6. The molecule has 1 heterocycles. The molecule has 0 aromatic rings. The Bertz CT molecular complexity index is 297. The van der Waals surface area contributed by atoms with Gasteiger partial charge in [0, 0.05) is 12.3 Å². The molecule has 0 aliphatic carbocycles. The van der Waals surface area contributed by atoms with Crippen molar-refractivity contribution in [1.29, 1.82) is 0 Å². The molecule has 0 aromatic heterocycles. The maximum absolute atomic E-state index is 11.9. The minimum atomic E-state index is -0.104. The second-order valence-corrected chi connectivity index (χ2v) is 6.16. The largest absolute Gasteiger partial charge is 0.296 e. The van der Waals surface area contributed by atoms with Crippen molar-refractivity contribution >= 4 is 11.8 Å². The van der Waals surface area contributed by atoms with E-state index in [-0.39, 0.29) is 23.7 Å². The van der Waals surface area contributed by atoms with E-state index in [4.69, 9.17) is 0 Å². The Morgan fingerprint density at radius 2 is 1.76 bits per heavy atom. The molecule has 3 heteroatoms. The molecule has 0 saturated carbocycles. The van der Waals surface area contributed by atoms with Crippen LogP contribution in [0.2, 0.25) is 0 Å². The van der Waals surface area contributed by atoms with Crippen LogP contribution in [0.25, 0.3) is 0 Å². The van der Waals surface area contributed by atoms with E-state index < -0.39 is 0 Å². The van der Waals surface area contributed by atoms with Gasteiger partial charge < -0.3 is 0 Å². The molecule has 17 heavy (non-hydrogen) atoms. The number of carbonyl (C=O) groups excluding carboxylic acids is 2. The molecule has 1 fully saturated rings. The van der Waals surface area contributed by atoms with Crippen molar-refractivity contribution in [2.24, 2.45) is 29.6 Å². The van der Waals surface area contributed by atoms with E-state index in [2.05, 4.69) is 39.9 Å². The van der Waals surface area contributed by atoms with E-state index in [1.54, 1.807) is 0 Å². The molecule has 3 atom stereocenters. The fourth-order valence-electron chi connectivity index (χ4n) is 3.08. The molecule has 3 unspecified atom stereocenters. The maximum atomic E-state index is 11.9. The Balaban J connectivity index is 2.83. The van der Waals surface area contributed by atoms with Gasteiger partial charge in [0.25, 0.3) is 0 Å². The van der Waals surface area contributed by atoms with Crippen molar-refractivity contribution in [2.75, 3.05) is 0 Å². The Labute approximate surface area is 104 Å². The number of hydrogen-bond donors (Lipinski definition) is 1. The lowest BCUT2D eigenvalue weighted by Crippen LogP contribution is -2.49. The van der Waals surface area contributed by atoms with Crippen LogP contribution in [-0.4, -0.2) is 11.8 Å². The zero-order valence-electron chi connectivity index (χ0n) is 11.6. The van der Waals surface area contributed by atoms with Crippen molar-refractivity contribution in [2.45, 2.75) is 47.5 Å². The summed E-state index contributed by atoms with van der Waals surface area (Å²) in [6.45, 7) is 10.7. The SMILES string of the molecule is CC(C)CC(C)C1CC(=O)NC(=O)C1C(C)C. The molecule has 0 aromatic carbocycles. The van der Waals surface area contributed by atoms with E-state index in [9.17, 15) is 9.59 Å². The first-order chi connectivity index (χ1) is 7.82. The van der Waals surface area contributed by atoms with Crippen molar-refractivity contribution in [3.05, 3.63) is 0 Å². The minimum absolute atomic E-state index is 0.0125. The zero-order chi connectivity index (χ0) is 13.2. The van der Waals surface area contributed by atoms with Gasteiger partial charge in [0.05, 0.1) is 0 Å². The van der Waals surface area contributed by atoms with Crippen LogP contribution in [0.5, 0.6) is 0 Å². The lowest BCUT2D eigenvalue weighted by atomic mass is 9.70. The summed E-state index contributed by atoms with van der Waals surface area (Å²) in [5.41, 5.74) is 0. The standard InChI is InChI=1S/C14H25NO2/c1-8(2)6-10(5)11-7-12(16)15-14(17)13(11)9(3)4/h8-11,13H,6-7H2,1-5H3,(H,15,16,17). The van der Waals surface area contributed by atoms with Gasteiger partial charge in [0.1, 0.15) is 0 Å². The van der Waals surface area contributed by atoms with E-state index >= 15 is 0 Å². The highest BCUT2D eigenvalue weighted by Crippen LogP contribution is 2.35. The fourth-order valence-corrected chi connectivity index (χ4v) is 3.08. The molecule has 3 nitrogen and oxygen atoms in total. The lowest BCUT2D eigenvalue weighted by Gasteiger charge is -2.37. The third-order valence-corrected chi connectivity index (χ3v) is 3.74. The highest BCUT2D eigenvalue weighted by atomic mass is 16.2. The average Bonchev–Trinajstić information content (AvgIpc) is 2.14. The van der Waals surface area contributed by atoms with E-state index in [0.29, 0.717) is 24.2 Å². The Hall–Kier alpha value is -0.860. The number of piperidine rings is 1. The van der Waals surface area contributed by atoms with Crippen LogP contribution in [0.15, 0.2) is 0 Å². The molecule has 98 valence electrons. The Morgan fingerprint density at radius 1 is 1.18 bits per heavy atom. The molecular weight excluding hydrogens is 214 g/mol. The molecular formula is C14H25NO2. The third-order valence-electron chi connectivity index (χ3n) is 3.74. The Kier molecular flexibility index (Phi) is 4.72. The molecule has 1 aliphatic rings. The monoisotopic (exact) mass is 239 g/mol. The smallest absolute Gasteiger partial charge is 0.230 e. The summed E-state index contributed by atoms with van der Waals surface area (Å²) in [7, 11) is 0. The number of nitrogens with one attached hydrogen (secondary N) is 1. The van der Waals surface area contributed by atoms with Crippen LogP contribution in [0, 0.1) is 29.6 Å². The van der Waals surface area contributed by atoms with Crippen molar-refractivity contribution in [1.82, 2.24) is 5.32 Å². The highest BCUT2D eigenvalue weighted by molar-refractivity contribution is 5.99. The summed E-state index contributed by atoms with van der Waals surface area (Å²) >= 11 is 0. The number of amides is 2. The van der Waals surface area contributed by atoms with Crippen LogP contribution in [-0.2, 0) is 9.59 Å². The topological polar surface area (TPSA) is 46.2 Å². The summed E-state index contributed by atoms with van der Waals surface area (Å²) in [6.07, 6.45) is 1.58. The number of hydrogen-bond acceptors (Lipinski definition) is 2. The second kappa shape index (κ2) is 5.65. The summed E-state index contributed by atoms with van der Waals surface area (Å²) in [4.78, 5) is 23.4. The first-order valence-electron chi connectivity index (χ1n) is 6.66. The van der Waals surface area contributed by atoms with Crippen LogP contribution in [0.3, 0.4) is 0 Å². The van der Waals surface area contributed by atoms with Gasteiger partial charge in [-0.05, 0) is 30.1 Å². The molecule has 2 amide bonds. The van der Waals surface area contributed by atoms with Crippen molar-refractivity contribution in [3.8, 4) is 0 Å². The maximum Gasteiger partial charge on any atom is 0.230 e. The summed E-state index contributed by atoms with van der Waals surface area (Å²) in [5.74, 6) is 1.35. The molecule has 0 radical (unpaired) electrons. The van der Waals surface area contributed by atoms with Crippen molar-refractivity contribution in [3.63, 3.8) is 0 Å². The predicted octanol–water partition coefficient (Wildman–Crippen LogP) is 2.60. The Morgan fingerprint density at radius 3 is 2.24 bits per heavy atom. The average molecular weight is 239 g/mol. The van der Waals surface area contributed by atoms with Gasteiger partial charge in [-0.1, -0.05) is 34.6 Å². The van der Waals surface area contributed by atoms with Crippen molar-refractivity contribution < 1.29 is 9.59 Å². The van der Waals surface area contributed by atoms with Crippen LogP contribution in [0.4, 0.5) is 0 Å². The summed E-state index contributed by atoms with van der Waals surface area (Å²) in [6, 6.07) is 0. The van der Waals surface area contributed by atoms with Crippen LogP contribution >= 0.6 is 0 Å². The highest BCUT2D eigenvalue weighted by Gasteiger charge is 2.40. The molecule has 0 spiro atoms. The van der Waals surface area contributed by atoms with Gasteiger partial charge in [-0.25, -0.2) is 0 Å². The quantitative estimate of drug-likeness (QED) is 0.766. The lowest BCUT2D eigenvalue weighted by molar-refractivity contribution is -0.141. The number of imide groups is 1. The van der Waals surface area contributed by atoms with Gasteiger partial charge in [0.2, 0.25) is 11.8 Å². The summed E-state index contributed by atoms with van der Waals surface area (Å²) in [5, 5.41) is 2.47. The van der Waals surface area contributed by atoms with E-state index in [1.807, 2.05) is 0 Å². The molecule has 0 bridgehead atoms. The number of rotatable bonds is 4. The van der Waals surface area contributed by atoms with Gasteiger partial charge in [-0.15, -0.1) is 0 Å².